The van der Waals surface area contributed by atoms with Gasteiger partial charge in [0.25, 0.3) is 5.91 Å². The molecule has 0 unspecified atom stereocenters. The molecule has 27 heavy (non-hydrogen) atoms. The minimum absolute atomic E-state index is 0.0308. The SMILES string of the molecule is Cc1c(Br)cnn1CC(=O)Nc1cnn(C)c1C(=O)NCc1cnn(C)c1. The highest BCUT2D eigenvalue weighted by molar-refractivity contribution is 9.10. The summed E-state index contributed by atoms with van der Waals surface area (Å²) in [7, 11) is 3.45. The second-order valence-electron chi connectivity index (χ2n) is 6.02. The lowest BCUT2D eigenvalue weighted by Gasteiger charge is -2.09. The quantitative estimate of drug-likeness (QED) is 0.600. The van der Waals surface area contributed by atoms with Crippen molar-refractivity contribution in [1.82, 2.24) is 34.7 Å². The molecule has 0 saturated heterocycles. The molecule has 3 heterocycles. The Kier molecular flexibility index (Phi) is 5.40. The van der Waals surface area contributed by atoms with Gasteiger partial charge in [-0.15, -0.1) is 0 Å². The van der Waals surface area contributed by atoms with Gasteiger partial charge >= 0.3 is 0 Å². The predicted octanol–water partition coefficient (Wildman–Crippen LogP) is 0.990. The largest absolute Gasteiger partial charge is 0.346 e. The molecule has 3 aromatic heterocycles. The van der Waals surface area contributed by atoms with E-state index < -0.39 is 0 Å². The number of anilines is 1. The zero-order valence-electron chi connectivity index (χ0n) is 15.1. The monoisotopic (exact) mass is 434 g/mol. The van der Waals surface area contributed by atoms with Gasteiger partial charge in [-0.3, -0.25) is 23.6 Å². The van der Waals surface area contributed by atoms with Crippen LogP contribution in [0.15, 0.2) is 29.3 Å². The van der Waals surface area contributed by atoms with Gasteiger partial charge in [0, 0.05) is 32.4 Å². The molecule has 2 N–H and O–H groups in total. The normalized spacial score (nSPS) is 10.8. The van der Waals surface area contributed by atoms with Gasteiger partial charge in [0.15, 0.2) is 0 Å². The second-order valence-corrected chi connectivity index (χ2v) is 6.87. The lowest BCUT2D eigenvalue weighted by Crippen LogP contribution is -2.27. The third kappa shape index (κ3) is 4.25. The number of amides is 2. The van der Waals surface area contributed by atoms with E-state index in [1.54, 1.807) is 35.9 Å². The minimum Gasteiger partial charge on any atom is -0.346 e. The molecule has 142 valence electrons. The highest BCUT2D eigenvalue weighted by Gasteiger charge is 2.19. The van der Waals surface area contributed by atoms with Crippen molar-refractivity contribution in [3.63, 3.8) is 0 Å². The summed E-state index contributed by atoms with van der Waals surface area (Å²) in [4.78, 5) is 24.9. The van der Waals surface area contributed by atoms with Gasteiger partial charge < -0.3 is 10.6 Å². The topological polar surface area (TPSA) is 112 Å². The van der Waals surface area contributed by atoms with Crippen LogP contribution in [0.4, 0.5) is 5.69 Å². The number of rotatable bonds is 6. The third-order valence-corrected chi connectivity index (χ3v) is 4.75. The fourth-order valence-electron chi connectivity index (χ4n) is 2.54. The Morgan fingerprint density at radius 3 is 2.56 bits per heavy atom. The molecule has 0 aromatic carbocycles. The average Bonchev–Trinajstić information content (AvgIpc) is 3.29. The zero-order chi connectivity index (χ0) is 19.6. The van der Waals surface area contributed by atoms with Crippen LogP contribution in [-0.4, -0.2) is 41.2 Å². The first-order valence-electron chi connectivity index (χ1n) is 8.10. The van der Waals surface area contributed by atoms with E-state index in [9.17, 15) is 9.59 Å². The summed E-state index contributed by atoms with van der Waals surface area (Å²) in [6, 6.07) is 0. The average molecular weight is 435 g/mol. The van der Waals surface area contributed by atoms with Crippen molar-refractivity contribution in [1.29, 1.82) is 0 Å². The van der Waals surface area contributed by atoms with Crippen molar-refractivity contribution in [2.24, 2.45) is 14.1 Å². The highest BCUT2D eigenvalue weighted by Crippen LogP contribution is 2.16. The lowest BCUT2D eigenvalue weighted by molar-refractivity contribution is -0.116. The van der Waals surface area contributed by atoms with Crippen molar-refractivity contribution in [2.75, 3.05) is 5.32 Å². The van der Waals surface area contributed by atoms with Gasteiger partial charge in [0.05, 0.1) is 34.4 Å². The standard InChI is InChI=1S/C16H19BrN8O2/c1-10-12(17)6-21-25(10)9-14(26)22-13-7-20-24(3)15(13)16(27)18-4-11-5-19-23(2)8-11/h5-8H,4,9H2,1-3H3,(H,18,27)(H,22,26). The summed E-state index contributed by atoms with van der Waals surface area (Å²) >= 11 is 3.36. The van der Waals surface area contributed by atoms with Crippen molar-refractivity contribution < 1.29 is 9.59 Å². The summed E-state index contributed by atoms with van der Waals surface area (Å²) in [6.45, 7) is 2.21. The molecule has 0 bridgehead atoms. The van der Waals surface area contributed by atoms with E-state index in [-0.39, 0.29) is 24.1 Å². The molecule has 0 spiro atoms. The Morgan fingerprint density at radius 1 is 1.15 bits per heavy atom. The molecule has 0 fully saturated rings. The molecule has 10 nitrogen and oxygen atoms in total. The minimum atomic E-state index is -0.341. The molecule has 0 saturated carbocycles. The van der Waals surface area contributed by atoms with E-state index in [1.807, 2.05) is 13.1 Å². The van der Waals surface area contributed by atoms with Crippen LogP contribution in [0, 0.1) is 6.92 Å². The van der Waals surface area contributed by atoms with E-state index in [0.717, 1.165) is 15.7 Å². The number of nitrogens with zero attached hydrogens (tertiary/aromatic N) is 6. The molecule has 0 aliphatic heterocycles. The second kappa shape index (κ2) is 7.74. The number of nitrogens with one attached hydrogen (secondary N) is 2. The molecule has 11 heteroatoms. The van der Waals surface area contributed by atoms with Crippen LogP contribution in [0.3, 0.4) is 0 Å². The Labute approximate surface area is 163 Å². The maximum Gasteiger partial charge on any atom is 0.271 e. The number of carbonyl (C=O) groups is 2. The number of aromatic nitrogens is 6. The molecular formula is C16H19BrN8O2. The van der Waals surface area contributed by atoms with E-state index >= 15 is 0 Å². The van der Waals surface area contributed by atoms with Crippen LogP contribution >= 0.6 is 15.9 Å². The number of hydrogen-bond donors (Lipinski definition) is 2. The van der Waals surface area contributed by atoms with Gasteiger partial charge in [-0.1, -0.05) is 0 Å². The first-order valence-corrected chi connectivity index (χ1v) is 8.90. The zero-order valence-corrected chi connectivity index (χ0v) is 16.7. The van der Waals surface area contributed by atoms with Crippen LogP contribution in [0.2, 0.25) is 0 Å². The number of carbonyl (C=O) groups excluding carboxylic acids is 2. The Morgan fingerprint density at radius 2 is 1.93 bits per heavy atom. The molecule has 0 aliphatic rings. The molecule has 3 rings (SSSR count). The Bertz CT molecular complexity index is 987. The molecule has 0 atom stereocenters. The summed E-state index contributed by atoms with van der Waals surface area (Å²) in [5.41, 5.74) is 2.32. The van der Waals surface area contributed by atoms with Gasteiger partial charge in [-0.2, -0.15) is 15.3 Å². The van der Waals surface area contributed by atoms with Gasteiger partial charge in [-0.05, 0) is 22.9 Å². The van der Waals surface area contributed by atoms with Crippen molar-refractivity contribution in [2.45, 2.75) is 20.0 Å². The van der Waals surface area contributed by atoms with Crippen molar-refractivity contribution >= 4 is 33.4 Å². The van der Waals surface area contributed by atoms with Gasteiger partial charge in [0.1, 0.15) is 12.2 Å². The van der Waals surface area contributed by atoms with Crippen LogP contribution in [0.25, 0.3) is 0 Å². The third-order valence-electron chi connectivity index (χ3n) is 3.98. The lowest BCUT2D eigenvalue weighted by atomic mass is 10.3. The predicted molar refractivity (Wildman–Crippen MR) is 101 cm³/mol. The van der Waals surface area contributed by atoms with Crippen LogP contribution in [0.1, 0.15) is 21.7 Å². The van der Waals surface area contributed by atoms with Gasteiger partial charge in [-0.25, -0.2) is 0 Å². The molecular weight excluding hydrogens is 416 g/mol. The van der Waals surface area contributed by atoms with Crippen molar-refractivity contribution in [3.05, 3.63) is 46.2 Å². The highest BCUT2D eigenvalue weighted by atomic mass is 79.9. The summed E-state index contributed by atoms with van der Waals surface area (Å²) < 4.78 is 5.47. The number of aryl methyl sites for hydroxylation is 2. The van der Waals surface area contributed by atoms with E-state index in [2.05, 4.69) is 41.9 Å². The Hall–Kier alpha value is -2.95. The van der Waals surface area contributed by atoms with Crippen LogP contribution < -0.4 is 10.6 Å². The van der Waals surface area contributed by atoms with Crippen LogP contribution in [0.5, 0.6) is 0 Å². The maximum atomic E-state index is 12.6. The molecule has 0 radical (unpaired) electrons. The summed E-state index contributed by atoms with van der Waals surface area (Å²) in [5.74, 6) is -0.643. The molecule has 2 amide bonds. The van der Waals surface area contributed by atoms with E-state index in [4.69, 9.17) is 0 Å². The fourth-order valence-corrected chi connectivity index (χ4v) is 2.83. The summed E-state index contributed by atoms with van der Waals surface area (Å²) in [6.07, 6.45) is 6.57. The number of halogens is 1. The van der Waals surface area contributed by atoms with E-state index in [0.29, 0.717) is 12.2 Å². The first-order chi connectivity index (χ1) is 12.8. The molecule has 0 aliphatic carbocycles. The van der Waals surface area contributed by atoms with Crippen molar-refractivity contribution in [3.8, 4) is 0 Å². The van der Waals surface area contributed by atoms with Gasteiger partial charge in [0.2, 0.25) is 5.91 Å². The maximum absolute atomic E-state index is 12.6. The summed E-state index contributed by atoms with van der Waals surface area (Å²) in [5, 5.41) is 17.8. The smallest absolute Gasteiger partial charge is 0.271 e. The van der Waals surface area contributed by atoms with Crippen LogP contribution in [-0.2, 0) is 32.0 Å². The molecule has 3 aromatic rings. The fraction of sp³-hybridized carbons (Fsp3) is 0.312. The Balaban J connectivity index is 1.67. The first kappa shape index (κ1) is 18.8. The van der Waals surface area contributed by atoms with E-state index in [1.165, 1.54) is 10.9 Å². The number of hydrogen-bond acceptors (Lipinski definition) is 5.